The number of nitrogens with one attached hydrogen (secondary N) is 1. The summed E-state index contributed by atoms with van der Waals surface area (Å²) in [5.41, 5.74) is 1.59. The van der Waals surface area contributed by atoms with E-state index in [-0.39, 0.29) is 22.8 Å². The van der Waals surface area contributed by atoms with Crippen molar-refractivity contribution in [3.8, 4) is 11.1 Å². The van der Waals surface area contributed by atoms with Gasteiger partial charge in [-0.25, -0.2) is 13.6 Å². The lowest BCUT2D eigenvalue weighted by Crippen LogP contribution is -2.22. The maximum absolute atomic E-state index is 13.7. The molecule has 136 valence electrons. The number of halogens is 2. The normalized spacial score (nSPS) is 15.9. The van der Waals surface area contributed by atoms with Crippen molar-refractivity contribution in [1.82, 2.24) is 0 Å². The molecular formula is C20H13F2NO3S. The van der Waals surface area contributed by atoms with E-state index < -0.39 is 23.5 Å². The fourth-order valence-corrected chi connectivity index (χ4v) is 4.60. The van der Waals surface area contributed by atoms with Gasteiger partial charge in [0.1, 0.15) is 16.5 Å². The highest BCUT2D eigenvalue weighted by molar-refractivity contribution is 7.15. The number of carbonyl (C=O) groups excluding carboxylic acids is 1. The second kappa shape index (κ2) is 6.59. The Balaban J connectivity index is 1.95. The molecule has 7 heteroatoms. The summed E-state index contributed by atoms with van der Waals surface area (Å²) in [5, 5.41) is 12.4. The van der Waals surface area contributed by atoms with E-state index in [0.29, 0.717) is 21.7 Å². The Bertz CT molecular complexity index is 1080. The summed E-state index contributed by atoms with van der Waals surface area (Å²) < 4.78 is 27.4. The maximum Gasteiger partial charge on any atom is 0.346 e. The number of amides is 1. The first-order chi connectivity index (χ1) is 12.9. The first-order valence-electron chi connectivity index (χ1n) is 8.15. The number of thiophene rings is 1. The van der Waals surface area contributed by atoms with Crippen LogP contribution in [-0.2, 0) is 4.79 Å². The summed E-state index contributed by atoms with van der Waals surface area (Å²) in [6, 6.07) is 11.5. The van der Waals surface area contributed by atoms with Crippen LogP contribution in [0.25, 0.3) is 11.1 Å². The number of carbonyl (C=O) groups is 2. The molecule has 1 aromatic heterocycles. The van der Waals surface area contributed by atoms with Gasteiger partial charge in [0.15, 0.2) is 0 Å². The van der Waals surface area contributed by atoms with Gasteiger partial charge in [-0.05, 0) is 35.4 Å². The van der Waals surface area contributed by atoms with Gasteiger partial charge < -0.3 is 10.4 Å². The molecule has 3 aromatic rings. The van der Waals surface area contributed by atoms with E-state index in [1.165, 1.54) is 30.3 Å². The Kier molecular flexibility index (Phi) is 4.24. The quantitative estimate of drug-likeness (QED) is 0.676. The van der Waals surface area contributed by atoms with Crippen molar-refractivity contribution in [2.45, 2.75) is 12.3 Å². The molecule has 4 nitrogen and oxygen atoms in total. The smallest absolute Gasteiger partial charge is 0.346 e. The molecule has 27 heavy (non-hydrogen) atoms. The third-order valence-electron chi connectivity index (χ3n) is 4.46. The van der Waals surface area contributed by atoms with E-state index in [9.17, 15) is 23.5 Å². The van der Waals surface area contributed by atoms with Crippen molar-refractivity contribution in [2.24, 2.45) is 0 Å². The summed E-state index contributed by atoms with van der Waals surface area (Å²) in [4.78, 5) is 24.8. The fraction of sp³-hybridized carbons (Fsp3) is 0.100. The van der Waals surface area contributed by atoms with E-state index in [4.69, 9.17) is 0 Å². The van der Waals surface area contributed by atoms with Crippen LogP contribution in [0.2, 0.25) is 0 Å². The Morgan fingerprint density at radius 1 is 1.11 bits per heavy atom. The molecule has 0 fully saturated rings. The topological polar surface area (TPSA) is 66.4 Å². The van der Waals surface area contributed by atoms with Crippen molar-refractivity contribution in [3.63, 3.8) is 0 Å². The molecule has 2 heterocycles. The van der Waals surface area contributed by atoms with Gasteiger partial charge in [-0.2, -0.15) is 0 Å². The lowest BCUT2D eigenvalue weighted by Gasteiger charge is -2.24. The van der Waals surface area contributed by atoms with Gasteiger partial charge in [-0.3, -0.25) is 4.79 Å². The average Bonchev–Trinajstić information content (AvgIpc) is 3.00. The summed E-state index contributed by atoms with van der Waals surface area (Å²) in [6.07, 6.45) is 0.0820. The Morgan fingerprint density at radius 2 is 1.81 bits per heavy atom. The Morgan fingerprint density at radius 3 is 2.48 bits per heavy atom. The molecule has 0 radical (unpaired) electrons. The molecule has 0 saturated carbocycles. The highest BCUT2D eigenvalue weighted by Crippen LogP contribution is 2.49. The molecule has 0 bridgehead atoms. The highest BCUT2D eigenvalue weighted by Gasteiger charge is 2.34. The molecule has 0 spiro atoms. The zero-order valence-corrected chi connectivity index (χ0v) is 14.6. The molecule has 0 saturated heterocycles. The van der Waals surface area contributed by atoms with Crippen LogP contribution < -0.4 is 5.32 Å². The number of aromatic carboxylic acids is 1. The minimum absolute atomic E-state index is 0.00852. The van der Waals surface area contributed by atoms with Crippen LogP contribution in [0.4, 0.5) is 14.5 Å². The van der Waals surface area contributed by atoms with Crippen LogP contribution >= 0.6 is 11.3 Å². The molecule has 0 aliphatic carbocycles. The lowest BCUT2D eigenvalue weighted by atomic mass is 9.88. The highest BCUT2D eigenvalue weighted by atomic mass is 32.1. The number of hydrogen-bond acceptors (Lipinski definition) is 3. The molecule has 0 unspecified atom stereocenters. The van der Waals surface area contributed by atoms with Gasteiger partial charge in [0.2, 0.25) is 5.91 Å². The van der Waals surface area contributed by atoms with Crippen LogP contribution in [0.15, 0.2) is 48.5 Å². The van der Waals surface area contributed by atoms with Crippen LogP contribution in [0, 0.1) is 11.6 Å². The average molecular weight is 385 g/mol. The monoisotopic (exact) mass is 385 g/mol. The molecular weight excluding hydrogens is 372 g/mol. The van der Waals surface area contributed by atoms with Gasteiger partial charge in [-0.15, -0.1) is 11.3 Å². The number of hydrogen-bond donors (Lipinski definition) is 2. The predicted octanol–water partition coefficient (Wildman–Crippen LogP) is 4.87. The van der Waals surface area contributed by atoms with E-state index in [1.807, 2.05) is 0 Å². The van der Waals surface area contributed by atoms with E-state index in [0.717, 1.165) is 11.3 Å². The Labute approximate surface area is 157 Å². The number of carboxylic acid groups (broad SMARTS) is 1. The van der Waals surface area contributed by atoms with Crippen molar-refractivity contribution in [3.05, 3.63) is 75.5 Å². The summed E-state index contributed by atoms with van der Waals surface area (Å²) in [6.45, 7) is 0. The molecule has 1 atom stereocenters. The lowest BCUT2D eigenvalue weighted by molar-refractivity contribution is -0.116. The summed E-state index contributed by atoms with van der Waals surface area (Å²) in [5.74, 6) is -2.87. The molecule has 2 N–H and O–H groups in total. The second-order valence-electron chi connectivity index (χ2n) is 6.22. The summed E-state index contributed by atoms with van der Waals surface area (Å²) >= 11 is 1.02. The SMILES string of the molecule is O=C1C[C@H](c2cccc(F)c2)c2sc(C(=O)O)c(-c3cccc(F)c3)c2N1. The third-order valence-corrected chi connectivity index (χ3v) is 5.76. The van der Waals surface area contributed by atoms with Crippen molar-refractivity contribution >= 4 is 28.9 Å². The van der Waals surface area contributed by atoms with E-state index >= 15 is 0 Å². The van der Waals surface area contributed by atoms with E-state index in [1.54, 1.807) is 18.2 Å². The maximum atomic E-state index is 13.7. The van der Waals surface area contributed by atoms with Crippen LogP contribution in [0.3, 0.4) is 0 Å². The molecule has 1 aliphatic rings. The molecule has 2 aromatic carbocycles. The van der Waals surface area contributed by atoms with Crippen molar-refractivity contribution in [2.75, 3.05) is 5.32 Å². The van der Waals surface area contributed by atoms with Crippen LogP contribution in [0.5, 0.6) is 0 Å². The zero-order valence-electron chi connectivity index (χ0n) is 13.8. The number of fused-ring (bicyclic) bond motifs is 1. The Hall–Kier alpha value is -3.06. The predicted molar refractivity (Wildman–Crippen MR) is 98.2 cm³/mol. The first-order valence-corrected chi connectivity index (χ1v) is 8.97. The van der Waals surface area contributed by atoms with Crippen LogP contribution in [-0.4, -0.2) is 17.0 Å². The fourth-order valence-electron chi connectivity index (χ4n) is 3.35. The minimum Gasteiger partial charge on any atom is -0.477 e. The van der Waals surface area contributed by atoms with Crippen LogP contribution in [0.1, 0.15) is 32.5 Å². The molecule has 1 aliphatic heterocycles. The van der Waals surface area contributed by atoms with Gasteiger partial charge >= 0.3 is 5.97 Å². The van der Waals surface area contributed by atoms with Gasteiger partial charge in [0, 0.05) is 22.8 Å². The summed E-state index contributed by atoms with van der Waals surface area (Å²) in [7, 11) is 0. The number of benzene rings is 2. The first kappa shape index (κ1) is 17.4. The minimum atomic E-state index is -1.17. The largest absolute Gasteiger partial charge is 0.477 e. The van der Waals surface area contributed by atoms with E-state index in [2.05, 4.69) is 5.32 Å². The molecule has 4 rings (SSSR count). The standard InChI is InChI=1S/C20H13F2NO3S/c21-12-5-1-3-10(7-12)14-9-15(24)23-17-16(11-4-2-6-13(22)8-11)19(20(25)26)27-18(14)17/h1-8,14H,9H2,(H,23,24)(H,25,26)/t14-/m1/s1. The molecule has 1 amide bonds. The van der Waals surface area contributed by atoms with Gasteiger partial charge in [0.05, 0.1) is 5.69 Å². The van der Waals surface area contributed by atoms with Crippen molar-refractivity contribution in [1.29, 1.82) is 0 Å². The number of anilines is 1. The van der Waals surface area contributed by atoms with Gasteiger partial charge in [0.25, 0.3) is 0 Å². The third kappa shape index (κ3) is 3.10. The zero-order chi connectivity index (χ0) is 19.1. The second-order valence-corrected chi connectivity index (χ2v) is 7.27. The van der Waals surface area contributed by atoms with Crippen molar-refractivity contribution < 1.29 is 23.5 Å². The number of rotatable bonds is 3. The number of carboxylic acids is 1. The van der Waals surface area contributed by atoms with Gasteiger partial charge in [-0.1, -0.05) is 24.3 Å².